The predicted molar refractivity (Wildman–Crippen MR) is 120 cm³/mol. The molecule has 0 heterocycles. The van der Waals surface area contributed by atoms with Crippen molar-refractivity contribution in [2.45, 2.75) is 9.79 Å². The van der Waals surface area contributed by atoms with Crippen molar-refractivity contribution in [3.8, 4) is 0 Å². The number of hydrogen-bond acceptors (Lipinski definition) is 4. The number of halogens is 1. The van der Waals surface area contributed by atoms with Gasteiger partial charge in [0.2, 0.25) is 0 Å². The third-order valence-electron chi connectivity index (χ3n) is 4.29. The summed E-state index contributed by atoms with van der Waals surface area (Å²) in [5, 5.41) is 3.28. The molecule has 8 heteroatoms. The molecule has 3 rings (SSSR count). The maximum Gasteiger partial charge on any atom is 0.264 e. The van der Waals surface area contributed by atoms with Gasteiger partial charge in [-0.05, 0) is 73.0 Å². The normalized spacial score (nSPS) is 11.1. The minimum absolute atomic E-state index is 0.209. The van der Waals surface area contributed by atoms with Crippen LogP contribution in [0.2, 0.25) is 5.02 Å². The van der Waals surface area contributed by atoms with E-state index in [1.807, 2.05) is 6.26 Å². The molecule has 0 spiro atoms. The fraction of sp³-hybridized carbons (Fsp3) is 0.0952. The predicted octanol–water partition coefficient (Wildman–Crippen LogP) is 5.14. The number of anilines is 2. The third-order valence-corrected chi connectivity index (χ3v) is 7.07. The first kappa shape index (κ1) is 21.2. The Morgan fingerprint density at radius 3 is 2.24 bits per heavy atom. The third kappa shape index (κ3) is 4.93. The summed E-state index contributed by atoms with van der Waals surface area (Å²) >= 11 is 7.47. The molecule has 0 fully saturated rings. The fourth-order valence-corrected chi connectivity index (χ4v) is 4.43. The Balaban J connectivity index is 1.76. The van der Waals surface area contributed by atoms with Gasteiger partial charge in [0.05, 0.1) is 10.6 Å². The Morgan fingerprint density at radius 1 is 1.00 bits per heavy atom. The highest BCUT2D eigenvalue weighted by atomic mass is 35.5. The zero-order valence-corrected chi connectivity index (χ0v) is 18.2. The Labute approximate surface area is 179 Å². The topological polar surface area (TPSA) is 66.5 Å². The van der Waals surface area contributed by atoms with Crippen molar-refractivity contribution in [3.05, 3.63) is 83.4 Å². The standard InChI is InChI=1S/C21H19ClN2O3S2/c1-24(29(26,27)20-12-10-19(28-2)11-13-20)18-8-6-15(7-9-18)21(25)23-17-5-3-4-16(22)14-17/h3-14H,1-2H3,(H,23,25). The van der Waals surface area contributed by atoms with Crippen LogP contribution in [0.25, 0.3) is 0 Å². The van der Waals surface area contributed by atoms with Gasteiger partial charge in [0.1, 0.15) is 0 Å². The van der Waals surface area contributed by atoms with Crippen LogP contribution in [0, 0.1) is 0 Å². The molecule has 150 valence electrons. The fourth-order valence-electron chi connectivity index (χ4n) is 2.64. The maximum atomic E-state index is 12.9. The van der Waals surface area contributed by atoms with E-state index in [4.69, 9.17) is 11.6 Å². The molecule has 0 saturated carbocycles. The molecule has 3 aromatic carbocycles. The van der Waals surface area contributed by atoms with Gasteiger partial charge in [-0.25, -0.2) is 8.42 Å². The van der Waals surface area contributed by atoms with Crippen molar-refractivity contribution in [3.63, 3.8) is 0 Å². The molecule has 29 heavy (non-hydrogen) atoms. The minimum Gasteiger partial charge on any atom is -0.322 e. The zero-order chi connectivity index (χ0) is 21.0. The van der Waals surface area contributed by atoms with Crippen molar-refractivity contribution in [2.75, 3.05) is 22.9 Å². The lowest BCUT2D eigenvalue weighted by Gasteiger charge is -2.20. The van der Waals surface area contributed by atoms with Crippen LogP contribution in [-0.2, 0) is 10.0 Å². The van der Waals surface area contributed by atoms with Crippen molar-refractivity contribution < 1.29 is 13.2 Å². The second-order valence-electron chi connectivity index (χ2n) is 6.16. The van der Waals surface area contributed by atoms with Crippen LogP contribution in [0.4, 0.5) is 11.4 Å². The van der Waals surface area contributed by atoms with E-state index in [1.54, 1.807) is 84.6 Å². The summed E-state index contributed by atoms with van der Waals surface area (Å²) in [6, 6.07) is 19.9. The van der Waals surface area contributed by atoms with E-state index in [0.29, 0.717) is 22.0 Å². The minimum atomic E-state index is -3.69. The number of rotatable bonds is 6. The van der Waals surface area contributed by atoms with Crippen molar-refractivity contribution in [2.24, 2.45) is 0 Å². The average molecular weight is 447 g/mol. The number of nitrogens with one attached hydrogen (secondary N) is 1. The van der Waals surface area contributed by atoms with Gasteiger partial charge < -0.3 is 5.32 Å². The highest BCUT2D eigenvalue weighted by Gasteiger charge is 2.21. The van der Waals surface area contributed by atoms with Gasteiger partial charge in [-0.2, -0.15) is 0 Å². The zero-order valence-electron chi connectivity index (χ0n) is 15.8. The molecular formula is C21H19ClN2O3S2. The van der Waals surface area contributed by atoms with Crippen molar-refractivity contribution in [1.29, 1.82) is 0 Å². The Hall–Kier alpha value is -2.48. The van der Waals surface area contributed by atoms with E-state index >= 15 is 0 Å². The molecule has 0 aliphatic heterocycles. The van der Waals surface area contributed by atoms with E-state index in [-0.39, 0.29) is 10.8 Å². The lowest BCUT2D eigenvalue weighted by molar-refractivity contribution is 0.102. The molecule has 1 N–H and O–H groups in total. The SMILES string of the molecule is CSc1ccc(S(=O)(=O)N(C)c2ccc(C(=O)Nc3cccc(Cl)c3)cc2)cc1. The van der Waals surface area contributed by atoms with Crippen LogP contribution in [0.3, 0.4) is 0 Å². The Morgan fingerprint density at radius 2 is 1.66 bits per heavy atom. The van der Waals surface area contributed by atoms with Gasteiger partial charge in [-0.3, -0.25) is 9.10 Å². The van der Waals surface area contributed by atoms with E-state index in [0.717, 1.165) is 4.90 Å². The van der Waals surface area contributed by atoms with Gasteiger partial charge in [-0.1, -0.05) is 17.7 Å². The molecule has 0 atom stereocenters. The summed E-state index contributed by atoms with van der Waals surface area (Å²) in [7, 11) is -2.21. The van der Waals surface area contributed by atoms with Gasteiger partial charge in [0.25, 0.3) is 15.9 Å². The van der Waals surface area contributed by atoms with Crippen molar-refractivity contribution >= 4 is 50.7 Å². The molecular weight excluding hydrogens is 428 g/mol. The number of carbonyl (C=O) groups is 1. The van der Waals surface area contributed by atoms with E-state index in [1.165, 1.54) is 11.4 Å². The van der Waals surface area contributed by atoms with Crippen LogP contribution in [0.5, 0.6) is 0 Å². The first-order chi connectivity index (χ1) is 13.8. The van der Waals surface area contributed by atoms with Crippen LogP contribution < -0.4 is 9.62 Å². The quantitative estimate of drug-likeness (QED) is 0.532. The Kier molecular flexibility index (Phi) is 6.52. The van der Waals surface area contributed by atoms with E-state index < -0.39 is 10.0 Å². The molecule has 1 amide bonds. The molecule has 0 aliphatic rings. The largest absolute Gasteiger partial charge is 0.322 e. The first-order valence-electron chi connectivity index (χ1n) is 8.61. The van der Waals surface area contributed by atoms with Crippen LogP contribution >= 0.6 is 23.4 Å². The van der Waals surface area contributed by atoms with Crippen LogP contribution in [0.15, 0.2) is 82.6 Å². The van der Waals surface area contributed by atoms with Gasteiger partial charge in [0.15, 0.2) is 0 Å². The number of nitrogens with zero attached hydrogens (tertiary/aromatic N) is 1. The number of carbonyl (C=O) groups excluding carboxylic acids is 1. The molecule has 0 unspecified atom stereocenters. The number of amides is 1. The number of hydrogen-bond donors (Lipinski definition) is 1. The molecule has 0 aliphatic carbocycles. The molecule has 0 radical (unpaired) electrons. The maximum absolute atomic E-state index is 12.9. The van der Waals surface area contributed by atoms with Crippen LogP contribution in [0.1, 0.15) is 10.4 Å². The summed E-state index contributed by atoms with van der Waals surface area (Å²) in [5.74, 6) is -0.308. The second-order valence-corrected chi connectivity index (χ2v) is 9.44. The monoisotopic (exact) mass is 446 g/mol. The van der Waals surface area contributed by atoms with Gasteiger partial charge in [-0.15, -0.1) is 11.8 Å². The molecule has 0 aromatic heterocycles. The van der Waals surface area contributed by atoms with Crippen LogP contribution in [-0.4, -0.2) is 27.6 Å². The van der Waals surface area contributed by atoms with E-state index in [2.05, 4.69) is 5.32 Å². The summed E-state index contributed by atoms with van der Waals surface area (Å²) in [5.41, 5.74) is 1.45. The lowest BCUT2D eigenvalue weighted by atomic mass is 10.2. The molecule has 3 aromatic rings. The summed E-state index contributed by atoms with van der Waals surface area (Å²) in [4.78, 5) is 13.6. The highest BCUT2D eigenvalue weighted by molar-refractivity contribution is 7.98. The van der Waals surface area contributed by atoms with Gasteiger partial charge in [0, 0.05) is 28.2 Å². The molecule has 0 bridgehead atoms. The summed E-state index contributed by atoms with van der Waals surface area (Å²) in [6.45, 7) is 0. The van der Waals surface area contributed by atoms with Gasteiger partial charge >= 0.3 is 0 Å². The Bertz CT molecular complexity index is 1120. The van der Waals surface area contributed by atoms with E-state index in [9.17, 15) is 13.2 Å². The average Bonchev–Trinajstić information content (AvgIpc) is 2.73. The van der Waals surface area contributed by atoms with Crippen molar-refractivity contribution in [1.82, 2.24) is 0 Å². The molecule has 5 nitrogen and oxygen atoms in total. The summed E-state index contributed by atoms with van der Waals surface area (Å²) in [6.07, 6.45) is 1.93. The lowest BCUT2D eigenvalue weighted by Crippen LogP contribution is -2.26. The molecule has 0 saturated heterocycles. The number of benzene rings is 3. The number of sulfonamides is 1. The summed E-state index contributed by atoms with van der Waals surface area (Å²) < 4.78 is 26.9. The smallest absolute Gasteiger partial charge is 0.264 e. The number of thioether (sulfide) groups is 1. The first-order valence-corrected chi connectivity index (χ1v) is 11.7. The highest BCUT2D eigenvalue weighted by Crippen LogP contribution is 2.25. The second kappa shape index (κ2) is 8.90.